The van der Waals surface area contributed by atoms with Crippen molar-refractivity contribution in [1.29, 1.82) is 0 Å². The van der Waals surface area contributed by atoms with Crippen LogP contribution in [-0.2, 0) is 13.4 Å². The van der Waals surface area contributed by atoms with E-state index in [0.717, 1.165) is 58.8 Å². The summed E-state index contributed by atoms with van der Waals surface area (Å²) < 4.78 is 51.3. The predicted molar refractivity (Wildman–Crippen MR) is 143 cm³/mol. The van der Waals surface area contributed by atoms with Gasteiger partial charge >= 0.3 is 0 Å². The maximum atomic E-state index is 15.6. The van der Waals surface area contributed by atoms with Gasteiger partial charge in [0.15, 0.2) is 6.20 Å². The second-order valence-corrected chi connectivity index (χ2v) is 10.4. The smallest absolute Gasteiger partial charge is 0.216 e. The third kappa shape index (κ3) is 3.25. The van der Waals surface area contributed by atoms with Crippen LogP contribution in [-0.4, -0.2) is 0 Å². The molecule has 0 radical (unpaired) electrons. The normalized spacial score (nSPS) is 22.6. The molecule has 0 bridgehead atoms. The highest BCUT2D eigenvalue weighted by Crippen LogP contribution is 2.47. The molecule has 1 saturated carbocycles. The number of pyridine rings is 1. The van der Waals surface area contributed by atoms with Crippen molar-refractivity contribution in [1.82, 2.24) is 0 Å². The Morgan fingerprint density at radius 1 is 0.944 bits per heavy atom. The minimum Gasteiger partial charge on any atom is -0.454 e. The van der Waals surface area contributed by atoms with Gasteiger partial charge in [-0.3, -0.25) is 0 Å². The van der Waals surface area contributed by atoms with E-state index >= 15 is 4.39 Å². The fourth-order valence-corrected chi connectivity index (χ4v) is 6.40. The van der Waals surface area contributed by atoms with Gasteiger partial charge in [-0.05, 0) is 84.8 Å². The Labute approximate surface area is 215 Å². The molecule has 0 N–H and O–H groups in total. The Hall–Kier alpha value is -3.46. The van der Waals surface area contributed by atoms with Crippen molar-refractivity contribution in [3.63, 3.8) is 0 Å². The first-order valence-corrected chi connectivity index (χ1v) is 12.9. The summed E-state index contributed by atoms with van der Waals surface area (Å²) in [5.41, 5.74) is 6.41. The fraction of sp³-hybridized carbons (Fsp3) is 0.303. The third-order valence-corrected chi connectivity index (χ3v) is 8.25. The number of fused-ring (bicyclic) bond motifs is 4. The molecular weight excluding hydrogens is 445 g/mol. The van der Waals surface area contributed by atoms with Crippen LogP contribution in [0.3, 0.4) is 0 Å². The van der Waals surface area contributed by atoms with Crippen LogP contribution in [0.2, 0.25) is 0 Å². The third-order valence-electron chi connectivity index (χ3n) is 8.25. The Morgan fingerprint density at radius 3 is 2.53 bits per heavy atom. The molecule has 5 aromatic rings. The average molecular weight is 480 g/mol. The zero-order chi connectivity index (χ0) is 27.1. The molecule has 0 spiro atoms. The summed E-state index contributed by atoms with van der Waals surface area (Å²) in [6.07, 6.45) is 4.64. The van der Waals surface area contributed by atoms with Crippen LogP contribution in [0.25, 0.3) is 44.3 Å². The van der Waals surface area contributed by atoms with E-state index < -0.39 is 18.1 Å². The van der Waals surface area contributed by atoms with Crippen molar-refractivity contribution in [2.24, 2.45) is 13.0 Å². The quantitative estimate of drug-likeness (QED) is 0.237. The van der Waals surface area contributed by atoms with E-state index in [1.54, 1.807) is 12.1 Å². The maximum absolute atomic E-state index is 15.6. The number of hydrogen-bond acceptors (Lipinski definition) is 1. The summed E-state index contributed by atoms with van der Waals surface area (Å²) in [7, 11) is 2.00. The highest BCUT2D eigenvalue weighted by Gasteiger charge is 2.32. The lowest BCUT2D eigenvalue weighted by molar-refractivity contribution is -0.660. The second-order valence-electron chi connectivity index (χ2n) is 10.4. The topological polar surface area (TPSA) is 17.0 Å². The first-order valence-electron chi connectivity index (χ1n) is 14.4. The average Bonchev–Trinajstić information content (AvgIpc) is 3.61. The van der Waals surface area contributed by atoms with Crippen LogP contribution >= 0.6 is 0 Å². The van der Waals surface area contributed by atoms with Crippen LogP contribution in [0.1, 0.15) is 58.8 Å². The predicted octanol–water partition coefficient (Wildman–Crippen LogP) is 8.41. The summed E-state index contributed by atoms with van der Waals surface area (Å²) in [6.45, 7) is 2.05. The van der Waals surface area contributed by atoms with Gasteiger partial charge < -0.3 is 4.42 Å². The van der Waals surface area contributed by atoms with Crippen molar-refractivity contribution < 1.29 is 17.5 Å². The van der Waals surface area contributed by atoms with Gasteiger partial charge in [-0.2, -0.15) is 0 Å². The lowest BCUT2D eigenvalue weighted by Gasteiger charge is -2.19. The summed E-state index contributed by atoms with van der Waals surface area (Å²) in [5, 5.41) is 1.74. The number of benzene rings is 3. The van der Waals surface area contributed by atoms with Crippen molar-refractivity contribution in [3.05, 3.63) is 89.4 Å². The van der Waals surface area contributed by atoms with Crippen LogP contribution in [0.15, 0.2) is 71.3 Å². The minimum absolute atomic E-state index is 0.150. The van der Waals surface area contributed by atoms with Crippen LogP contribution in [0, 0.1) is 18.7 Å². The number of hydrogen-bond donors (Lipinski definition) is 0. The van der Waals surface area contributed by atoms with Crippen LogP contribution in [0.5, 0.6) is 0 Å². The van der Waals surface area contributed by atoms with Gasteiger partial charge in [-0.15, -0.1) is 0 Å². The van der Waals surface area contributed by atoms with Gasteiger partial charge in [0, 0.05) is 27.0 Å². The zero-order valence-corrected chi connectivity index (χ0v) is 20.7. The standard InChI is InChI=1S/C33H31FNO/c1-20-10-13-26-27-16-17-28(34)31(33(27)36-32(26)30(20)29-9-5-6-18-35(29)2)23-12-15-25-22(19-23)11-14-24(25)21-7-3-4-8-21/h5-6,9-10,12-13,15-19,21,24H,3-4,7-8,11,14H2,1-2H3/q+1/i11D2,24D. The van der Waals surface area contributed by atoms with E-state index in [1.807, 2.05) is 43.6 Å². The summed E-state index contributed by atoms with van der Waals surface area (Å²) in [6, 6.07) is 18.9. The number of aryl methyl sites for hydroxylation is 3. The molecule has 0 aliphatic heterocycles. The van der Waals surface area contributed by atoms with E-state index in [-0.39, 0.29) is 12.3 Å². The second kappa shape index (κ2) is 8.30. The molecule has 1 unspecified atom stereocenters. The van der Waals surface area contributed by atoms with E-state index in [4.69, 9.17) is 7.16 Å². The van der Waals surface area contributed by atoms with Crippen LogP contribution < -0.4 is 4.57 Å². The molecule has 2 nitrogen and oxygen atoms in total. The molecule has 180 valence electrons. The van der Waals surface area contributed by atoms with E-state index in [1.165, 1.54) is 6.07 Å². The summed E-state index contributed by atoms with van der Waals surface area (Å²) >= 11 is 0. The van der Waals surface area contributed by atoms with Gasteiger partial charge in [0.25, 0.3) is 0 Å². The van der Waals surface area contributed by atoms with Gasteiger partial charge in [0.1, 0.15) is 24.0 Å². The Kier molecular flexibility index (Phi) is 4.32. The largest absolute Gasteiger partial charge is 0.454 e. The highest BCUT2D eigenvalue weighted by molar-refractivity contribution is 6.13. The first-order chi connectivity index (χ1) is 18.7. The molecular formula is C33H31FNO+. The lowest BCUT2D eigenvalue weighted by atomic mass is 9.85. The first kappa shape index (κ1) is 18.8. The molecule has 36 heavy (non-hydrogen) atoms. The van der Waals surface area contributed by atoms with E-state index in [2.05, 4.69) is 23.6 Å². The summed E-state index contributed by atoms with van der Waals surface area (Å²) in [4.78, 5) is 0. The monoisotopic (exact) mass is 479 g/mol. The molecule has 2 heterocycles. The zero-order valence-electron chi connectivity index (χ0n) is 23.7. The molecule has 2 aliphatic carbocycles. The molecule has 1 atom stereocenters. The Morgan fingerprint density at radius 2 is 1.72 bits per heavy atom. The number of aromatic nitrogens is 1. The van der Waals surface area contributed by atoms with Gasteiger partial charge in [0.05, 0.1) is 11.1 Å². The maximum Gasteiger partial charge on any atom is 0.216 e. The van der Waals surface area contributed by atoms with Gasteiger partial charge in [-0.25, -0.2) is 8.96 Å². The lowest BCUT2D eigenvalue weighted by Crippen LogP contribution is -2.30. The van der Waals surface area contributed by atoms with E-state index in [0.29, 0.717) is 27.9 Å². The van der Waals surface area contributed by atoms with E-state index in [9.17, 15) is 1.37 Å². The van der Waals surface area contributed by atoms with Crippen molar-refractivity contribution in [3.8, 4) is 22.4 Å². The number of halogens is 1. The molecule has 0 amide bonds. The molecule has 0 saturated heterocycles. The number of rotatable bonds is 3. The highest BCUT2D eigenvalue weighted by atomic mass is 19.1. The number of nitrogens with zero attached hydrogens (tertiary/aromatic N) is 1. The van der Waals surface area contributed by atoms with Gasteiger partial charge in [0.2, 0.25) is 5.69 Å². The van der Waals surface area contributed by atoms with Crippen molar-refractivity contribution in [2.75, 3.05) is 0 Å². The minimum atomic E-state index is -1.64. The molecule has 7 rings (SSSR count). The number of furan rings is 1. The van der Waals surface area contributed by atoms with Crippen molar-refractivity contribution >= 4 is 21.9 Å². The molecule has 3 aromatic carbocycles. The van der Waals surface area contributed by atoms with Crippen LogP contribution in [0.4, 0.5) is 4.39 Å². The molecule has 1 fully saturated rings. The molecule has 3 heteroatoms. The van der Waals surface area contributed by atoms with Gasteiger partial charge in [-0.1, -0.05) is 43.2 Å². The Balaban J connectivity index is 1.46. The van der Waals surface area contributed by atoms with Crippen molar-refractivity contribution in [2.45, 2.75) is 51.3 Å². The fourth-order valence-electron chi connectivity index (χ4n) is 6.40. The molecule has 2 aromatic heterocycles. The summed E-state index contributed by atoms with van der Waals surface area (Å²) in [5.74, 6) is -1.18. The Bertz CT molecular complexity index is 1790. The SMILES string of the molecule is [2H]C1([2H])CC([2H])(C2CCCC2)c2ccc(-c3c(F)ccc4c3oc3c(-c5cccc[n+]5C)c(C)ccc34)cc21. The molecule has 2 aliphatic rings.